The number of hydrogen-bond acceptors (Lipinski definition) is 5. The molecule has 216 valence electrons. The number of piperidine rings is 1. The van der Waals surface area contributed by atoms with Gasteiger partial charge in [-0.1, -0.05) is 48.5 Å². The average molecular weight is 559 g/mol. The Bertz CT molecular complexity index is 1360. The normalized spacial score (nSPS) is 14.6. The average Bonchev–Trinajstić information content (AvgIpc) is 2.97. The molecule has 0 radical (unpaired) electrons. The van der Waals surface area contributed by atoms with Crippen molar-refractivity contribution in [1.82, 2.24) is 4.90 Å². The summed E-state index contributed by atoms with van der Waals surface area (Å²) in [6.07, 6.45) is 1.75. The van der Waals surface area contributed by atoms with Gasteiger partial charge in [-0.3, -0.25) is 14.5 Å². The summed E-state index contributed by atoms with van der Waals surface area (Å²) in [4.78, 5) is 40.9. The van der Waals surface area contributed by atoms with Crippen molar-refractivity contribution in [3.63, 3.8) is 0 Å². The Balaban J connectivity index is 1.41. The van der Waals surface area contributed by atoms with Gasteiger partial charge in [0.25, 0.3) is 0 Å². The second-order valence-electron chi connectivity index (χ2n) is 10.4. The van der Waals surface area contributed by atoms with Gasteiger partial charge in [-0.15, -0.1) is 0 Å². The van der Waals surface area contributed by atoms with Gasteiger partial charge in [0.15, 0.2) is 0 Å². The van der Waals surface area contributed by atoms with Crippen LogP contribution >= 0.6 is 0 Å². The molecule has 0 saturated carbocycles. The lowest BCUT2D eigenvalue weighted by atomic mass is 9.92. The number of carboxylic acid groups (broad SMARTS) is 1. The Morgan fingerprint density at radius 1 is 0.976 bits per heavy atom. The van der Waals surface area contributed by atoms with Gasteiger partial charge in [-0.2, -0.15) is 0 Å². The van der Waals surface area contributed by atoms with Crippen LogP contribution in [0.4, 0.5) is 21.9 Å². The monoisotopic (exact) mass is 558 g/mol. The van der Waals surface area contributed by atoms with Gasteiger partial charge < -0.3 is 25.4 Å². The van der Waals surface area contributed by atoms with Crippen molar-refractivity contribution in [2.24, 2.45) is 5.92 Å². The number of rotatable bonds is 10. The first kappa shape index (κ1) is 29.6. The Hall–Kier alpha value is -4.37. The summed E-state index contributed by atoms with van der Waals surface area (Å²) in [5, 5.41) is 15.2. The first-order valence-electron chi connectivity index (χ1n) is 13.9. The number of aliphatic carboxylic acids is 1. The zero-order valence-electron chi connectivity index (χ0n) is 23.8. The molecule has 0 spiro atoms. The van der Waals surface area contributed by atoms with Crippen molar-refractivity contribution in [2.75, 3.05) is 42.3 Å². The maximum Gasteiger partial charge on any atom is 0.323 e. The van der Waals surface area contributed by atoms with E-state index < -0.39 is 12.0 Å². The van der Waals surface area contributed by atoms with Gasteiger partial charge in [0.2, 0.25) is 5.91 Å². The van der Waals surface area contributed by atoms with Crippen molar-refractivity contribution in [1.29, 1.82) is 0 Å². The lowest BCUT2D eigenvalue weighted by Gasteiger charge is -2.38. The number of nitrogens with one attached hydrogen (secondary N) is 2. The molecular weight excluding hydrogens is 520 g/mol. The van der Waals surface area contributed by atoms with Gasteiger partial charge in [-0.05, 0) is 68.1 Å². The molecule has 0 bridgehead atoms. The van der Waals surface area contributed by atoms with E-state index in [1.165, 1.54) is 7.11 Å². The molecule has 1 heterocycles. The fourth-order valence-corrected chi connectivity index (χ4v) is 5.36. The Kier molecular flexibility index (Phi) is 9.97. The summed E-state index contributed by atoms with van der Waals surface area (Å²) in [6.45, 7) is 5.52. The SMILES string of the molecule is COc1cc(N(CC2CCN(C(CC(=O)O)c3ccccc3)CC2)C(C)=O)ccc1NC(=O)Nc1ccccc1C. The molecule has 3 aromatic rings. The summed E-state index contributed by atoms with van der Waals surface area (Å²) in [7, 11) is 1.53. The van der Waals surface area contributed by atoms with E-state index in [0.717, 1.165) is 37.1 Å². The third-order valence-corrected chi connectivity index (χ3v) is 7.60. The van der Waals surface area contributed by atoms with Crippen LogP contribution < -0.4 is 20.3 Å². The maximum absolute atomic E-state index is 12.7. The van der Waals surface area contributed by atoms with Crippen LogP contribution in [0.25, 0.3) is 0 Å². The third kappa shape index (κ3) is 7.85. The van der Waals surface area contributed by atoms with Crippen LogP contribution in [0, 0.1) is 12.8 Å². The van der Waals surface area contributed by atoms with E-state index in [1.807, 2.05) is 61.5 Å². The number of para-hydroxylation sites is 1. The molecule has 41 heavy (non-hydrogen) atoms. The number of ether oxygens (including phenoxy) is 1. The van der Waals surface area contributed by atoms with Crippen molar-refractivity contribution in [2.45, 2.75) is 39.2 Å². The predicted molar refractivity (Wildman–Crippen MR) is 161 cm³/mol. The van der Waals surface area contributed by atoms with Crippen LogP contribution in [-0.2, 0) is 9.59 Å². The minimum absolute atomic E-state index is 0.0530. The molecule has 9 heteroatoms. The third-order valence-electron chi connectivity index (χ3n) is 7.60. The van der Waals surface area contributed by atoms with Crippen LogP contribution in [0.3, 0.4) is 0 Å². The van der Waals surface area contributed by atoms with E-state index in [2.05, 4.69) is 15.5 Å². The minimum atomic E-state index is -0.816. The summed E-state index contributed by atoms with van der Waals surface area (Å²) in [5.41, 5.74) is 3.85. The van der Waals surface area contributed by atoms with Gasteiger partial charge in [-0.25, -0.2) is 4.79 Å². The van der Waals surface area contributed by atoms with Crippen LogP contribution in [0.1, 0.15) is 43.4 Å². The Morgan fingerprint density at radius 2 is 1.63 bits per heavy atom. The fraction of sp³-hybridized carbons (Fsp3) is 0.344. The maximum atomic E-state index is 12.7. The van der Waals surface area contributed by atoms with E-state index in [0.29, 0.717) is 29.4 Å². The number of hydrogen-bond donors (Lipinski definition) is 3. The largest absolute Gasteiger partial charge is 0.494 e. The number of nitrogens with zero attached hydrogens (tertiary/aromatic N) is 2. The summed E-state index contributed by atoms with van der Waals surface area (Å²) in [6, 6.07) is 22.0. The van der Waals surface area contributed by atoms with Crippen LogP contribution in [-0.4, -0.2) is 54.7 Å². The molecule has 3 N–H and O–H groups in total. The molecule has 1 unspecified atom stereocenters. The number of methoxy groups -OCH3 is 1. The highest BCUT2D eigenvalue weighted by molar-refractivity contribution is 6.01. The topological polar surface area (TPSA) is 111 Å². The molecule has 1 saturated heterocycles. The quantitative estimate of drug-likeness (QED) is 0.285. The zero-order chi connectivity index (χ0) is 29.4. The summed E-state index contributed by atoms with van der Waals surface area (Å²) >= 11 is 0. The predicted octanol–water partition coefficient (Wildman–Crippen LogP) is 5.93. The van der Waals surface area contributed by atoms with E-state index in [4.69, 9.17) is 4.74 Å². The van der Waals surface area contributed by atoms with Crippen molar-refractivity contribution in [3.05, 3.63) is 83.9 Å². The molecule has 9 nitrogen and oxygen atoms in total. The number of carbonyl (C=O) groups is 3. The number of aryl methyl sites for hydroxylation is 1. The first-order chi connectivity index (χ1) is 19.7. The summed E-state index contributed by atoms with van der Waals surface area (Å²) < 4.78 is 5.56. The van der Waals surface area contributed by atoms with Crippen LogP contribution in [0.2, 0.25) is 0 Å². The molecule has 1 aliphatic rings. The number of amides is 3. The van der Waals surface area contributed by atoms with E-state index in [9.17, 15) is 19.5 Å². The number of urea groups is 1. The van der Waals surface area contributed by atoms with E-state index in [1.54, 1.807) is 30.0 Å². The highest BCUT2D eigenvalue weighted by Gasteiger charge is 2.29. The van der Waals surface area contributed by atoms with E-state index >= 15 is 0 Å². The van der Waals surface area contributed by atoms with Gasteiger partial charge in [0.1, 0.15) is 5.75 Å². The molecular formula is C32H38N4O5. The Labute approximate surface area is 241 Å². The highest BCUT2D eigenvalue weighted by atomic mass is 16.5. The first-order valence-corrected chi connectivity index (χ1v) is 13.9. The second-order valence-corrected chi connectivity index (χ2v) is 10.4. The van der Waals surface area contributed by atoms with Crippen LogP contribution in [0.15, 0.2) is 72.8 Å². The number of benzene rings is 3. The number of carbonyl (C=O) groups excluding carboxylic acids is 2. The molecule has 1 fully saturated rings. The van der Waals surface area contributed by atoms with Crippen molar-refractivity contribution >= 4 is 35.0 Å². The van der Waals surface area contributed by atoms with E-state index in [-0.39, 0.29) is 24.3 Å². The standard InChI is InChI=1S/C32H38N4O5/c1-22-9-7-8-12-27(22)33-32(40)34-28-14-13-26(19-30(28)41-3)36(23(2)37)21-24-15-17-35(18-16-24)29(20-31(38)39)25-10-5-4-6-11-25/h4-14,19,24,29H,15-18,20-21H2,1-3H3,(H,38,39)(H2,33,34,40). The van der Waals surface area contributed by atoms with Gasteiger partial charge >= 0.3 is 12.0 Å². The second kappa shape index (κ2) is 13.8. The fourth-order valence-electron chi connectivity index (χ4n) is 5.36. The summed E-state index contributed by atoms with van der Waals surface area (Å²) in [5.74, 6) is -0.188. The zero-order valence-corrected chi connectivity index (χ0v) is 23.8. The van der Waals surface area contributed by atoms with Gasteiger partial charge in [0, 0.05) is 37.0 Å². The molecule has 0 aliphatic carbocycles. The number of likely N-dealkylation sites (tertiary alicyclic amines) is 1. The lowest BCUT2D eigenvalue weighted by molar-refractivity contribution is -0.138. The molecule has 3 amide bonds. The number of anilines is 3. The molecule has 1 aliphatic heterocycles. The molecule has 0 aromatic heterocycles. The lowest BCUT2D eigenvalue weighted by Crippen LogP contribution is -2.42. The molecule has 4 rings (SSSR count). The molecule has 3 aromatic carbocycles. The number of carboxylic acids is 1. The Morgan fingerprint density at radius 3 is 2.27 bits per heavy atom. The van der Waals surface area contributed by atoms with Crippen molar-refractivity contribution in [3.8, 4) is 5.75 Å². The van der Waals surface area contributed by atoms with Crippen molar-refractivity contribution < 1.29 is 24.2 Å². The minimum Gasteiger partial charge on any atom is -0.494 e. The van der Waals surface area contributed by atoms with Crippen LogP contribution in [0.5, 0.6) is 5.75 Å². The molecule has 1 atom stereocenters. The highest BCUT2D eigenvalue weighted by Crippen LogP contribution is 2.33. The smallest absolute Gasteiger partial charge is 0.323 e. The van der Waals surface area contributed by atoms with Gasteiger partial charge in [0.05, 0.1) is 19.2 Å².